The number of aromatic nitrogens is 2. The maximum absolute atomic E-state index is 12.2. The van der Waals surface area contributed by atoms with Crippen molar-refractivity contribution in [3.8, 4) is 11.5 Å². The number of carbonyl (C=O) groups excluding carboxylic acids is 2. The third kappa shape index (κ3) is 6.29. The van der Waals surface area contributed by atoms with Gasteiger partial charge in [-0.2, -0.15) is 0 Å². The molecule has 1 amide bonds. The van der Waals surface area contributed by atoms with Crippen molar-refractivity contribution in [3.63, 3.8) is 0 Å². The number of halogens is 1. The second kappa shape index (κ2) is 9.88. The van der Waals surface area contributed by atoms with Crippen LogP contribution in [0.1, 0.15) is 24.2 Å². The highest BCUT2D eigenvalue weighted by atomic mass is 127. The summed E-state index contributed by atoms with van der Waals surface area (Å²) >= 11 is 3.38. The van der Waals surface area contributed by atoms with E-state index in [4.69, 9.17) is 9.15 Å². The lowest BCUT2D eigenvalue weighted by molar-refractivity contribution is -0.113. The van der Waals surface area contributed by atoms with Crippen molar-refractivity contribution in [2.75, 3.05) is 11.1 Å². The Morgan fingerprint density at radius 2 is 1.79 bits per heavy atom. The monoisotopic (exact) mass is 523 g/mol. The van der Waals surface area contributed by atoms with Gasteiger partial charge in [0.2, 0.25) is 11.8 Å². The van der Waals surface area contributed by atoms with E-state index in [1.165, 1.54) is 0 Å². The summed E-state index contributed by atoms with van der Waals surface area (Å²) in [7, 11) is 0. The summed E-state index contributed by atoms with van der Waals surface area (Å²) in [5.41, 5.74) is 1.84. The van der Waals surface area contributed by atoms with E-state index in [1.54, 1.807) is 38.1 Å². The zero-order valence-corrected chi connectivity index (χ0v) is 18.7. The smallest absolute Gasteiger partial charge is 0.338 e. The molecule has 0 aliphatic heterocycles. The lowest BCUT2D eigenvalue weighted by atomic mass is 10.2. The molecule has 1 aromatic heterocycles. The Morgan fingerprint density at radius 1 is 1.10 bits per heavy atom. The topological polar surface area (TPSA) is 94.3 Å². The molecule has 1 heterocycles. The lowest BCUT2D eigenvalue weighted by Crippen LogP contribution is -2.14. The van der Waals surface area contributed by atoms with E-state index < -0.39 is 5.97 Å². The number of esters is 1. The first-order valence-electron chi connectivity index (χ1n) is 8.74. The summed E-state index contributed by atoms with van der Waals surface area (Å²) in [6, 6.07) is 14.2. The van der Waals surface area contributed by atoms with E-state index >= 15 is 0 Å². The molecule has 7 nitrogen and oxygen atoms in total. The molecule has 1 N–H and O–H groups in total. The molecule has 0 aliphatic rings. The summed E-state index contributed by atoms with van der Waals surface area (Å²) in [6.45, 7) is 3.58. The van der Waals surface area contributed by atoms with Gasteiger partial charge in [0.1, 0.15) is 0 Å². The van der Waals surface area contributed by atoms with Gasteiger partial charge >= 0.3 is 5.97 Å². The molecule has 0 saturated heterocycles. The molecule has 0 aliphatic carbocycles. The van der Waals surface area contributed by atoms with Crippen LogP contribution >= 0.6 is 34.4 Å². The lowest BCUT2D eigenvalue weighted by Gasteiger charge is -2.08. The van der Waals surface area contributed by atoms with Gasteiger partial charge in [0.05, 0.1) is 17.4 Å². The number of rotatable bonds is 7. The van der Waals surface area contributed by atoms with Crippen molar-refractivity contribution in [3.05, 3.63) is 57.7 Å². The standard InChI is InChI=1S/C20H18IN3O4S/c1-12(2)27-19(26)14-5-9-16(10-6-14)22-17(25)11-29-20-24-23-18(28-20)13-3-7-15(21)8-4-13/h3-10,12H,11H2,1-2H3,(H,22,25). The summed E-state index contributed by atoms with van der Waals surface area (Å²) in [4.78, 5) is 24.0. The van der Waals surface area contributed by atoms with Crippen LogP contribution in [0.2, 0.25) is 0 Å². The highest BCUT2D eigenvalue weighted by Crippen LogP contribution is 2.24. The van der Waals surface area contributed by atoms with Crippen LogP contribution in [0, 0.1) is 3.57 Å². The molecule has 2 aromatic carbocycles. The summed E-state index contributed by atoms with van der Waals surface area (Å²) in [5, 5.41) is 11.1. The van der Waals surface area contributed by atoms with Crippen LogP contribution in [-0.4, -0.2) is 33.9 Å². The third-order valence-electron chi connectivity index (χ3n) is 3.57. The van der Waals surface area contributed by atoms with Crippen LogP contribution in [0.3, 0.4) is 0 Å². The molecule has 3 rings (SSSR count). The first-order valence-corrected chi connectivity index (χ1v) is 10.8. The van der Waals surface area contributed by atoms with E-state index in [1.807, 2.05) is 24.3 Å². The minimum atomic E-state index is -0.395. The molecule has 0 fully saturated rings. The number of nitrogens with one attached hydrogen (secondary N) is 1. The minimum Gasteiger partial charge on any atom is -0.459 e. The van der Waals surface area contributed by atoms with Gasteiger partial charge in [0.15, 0.2) is 0 Å². The van der Waals surface area contributed by atoms with Crippen LogP contribution in [-0.2, 0) is 9.53 Å². The fourth-order valence-corrected chi connectivity index (χ4v) is 3.20. The molecule has 0 saturated carbocycles. The average molecular weight is 523 g/mol. The maximum atomic E-state index is 12.2. The van der Waals surface area contributed by atoms with Gasteiger partial charge in [-0.1, -0.05) is 11.8 Å². The van der Waals surface area contributed by atoms with E-state index in [9.17, 15) is 9.59 Å². The van der Waals surface area contributed by atoms with Crippen LogP contribution in [0.5, 0.6) is 0 Å². The molecule has 0 bridgehead atoms. The van der Waals surface area contributed by atoms with Gasteiger partial charge in [0, 0.05) is 14.8 Å². The molecular formula is C20H18IN3O4S. The van der Waals surface area contributed by atoms with Crippen molar-refractivity contribution in [2.45, 2.75) is 25.2 Å². The number of thioether (sulfide) groups is 1. The number of carbonyl (C=O) groups is 2. The number of amides is 1. The Balaban J connectivity index is 1.51. The predicted octanol–water partition coefficient (Wildman–Crippen LogP) is 4.64. The SMILES string of the molecule is CC(C)OC(=O)c1ccc(NC(=O)CSc2nnc(-c3ccc(I)cc3)o2)cc1. The maximum Gasteiger partial charge on any atom is 0.338 e. The van der Waals surface area contributed by atoms with Gasteiger partial charge in [-0.15, -0.1) is 10.2 Å². The molecule has 150 valence electrons. The predicted molar refractivity (Wildman–Crippen MR) is 119 cm³/mol. The highest BCUT2D eigenvalue weighted by molar-refractivity contribution is 14.1. The van der Waals surface area contributed by atoms with Crippen LogP contribution in [0.4, 0.5) is 5.69 Å². The van der Waals surface area contributed by atoms with Crippen LogP contribution in [0.25, 0.3) is 11.5 Å². The molecule has 0 unspecified atom stereocenters. The van der Waals surface area contributed by atoms with E-state index in [0.29, 0.717) is 22.4 Å². The van der Waals surface area contributed by atoms with Crippen molar-refractivity contribution in [2.24, 2.45) is 0 Å². The van der Waals surface area contributed by atoms with Crippen molar-refractivity contribution in [1.29, 1.82) is 0 Å². The number of hydrogen-bond acceptors (Lipinski definition) is 7. The minimum absolute atomic E-state index is 0.117. The van der Waals surface area contributed by atoms with Crippen molar-refractivity contribution < 1.29 is 18.7 Å². The number of ether oxygens (including phenoxy) is 1. The second-order valence-electron chi connectivity index (χ2n) is 6.25. The van der Waals surface area contributed by atoms with Crippen molar-refractivity contribution >= 4 is 51.9 Å². The number of anilines is 1. The average Bonchev–Trinajstić information content (AvgIpc) is 3.16. The van der Waals surface area contributed by atoms with Gasteiger partial charge in [-0.05, 0) is 85.0 Å². The Labute approximate surface area is 185 Å². The largest absolute Gasteiger partial charge is 0.459 e. The van der Waals surface area contributed by atoms with Crippen LogP contribution < -0.4 is 5.32 Å². The van der Waals surface area contributed by atoms with Gasteiger partial charge in [-0.25, -0.2) is 4.79 Å². The summed E-state index contributed by atoms with van der Waals surface area (Å²) in [6.07, 6.45) is -0.185. The fraction of sp³-hybridized carbons (Fsp3) is 0.200. The summed E-state index contributed by atoms with van der Waals surface area (Å²) < 4.78 is 11.8. The van der Waals surface area contributed by atoms with E-state index in [0.717, 1.165) is 20.9 Å². The first kappa shape index (κ1) is 21.3. The zero-order chi connectivity index (χ0) is 20.8. The molecule has 9 heteroatoms. The Morgan fingerprint density at radius 3 is 2.45 bits per heavy atom. The fourth-order valence-electron chi connectivity index (χ4n) is 2.27. The normalized spacial score (nSPS) is 10.8. The molecular weight excluding hydrogens is 505 g/mol. The zero-order valence-electron chi connectivity index (χ0n) is 15.7. The number of benzene rings is 2. The number of hydrogen-bond donors (Lipinski definition) is 1. The molecule has 29 heavy (non-hydrogen) atoms. The quantitative estimate of drug-likeness (QED) is 0.274. The van der Waals surface area contributed by atoms with Gasteiger partial charge in [0.25, 0.3) is 5.22 Å². The third-order valence-corrected chi connectivity index (χ3v) is 5.11. The molecule has 3 aromatic rings. The van der Waals surface area contributed by atoms with E-state index in [-0.39, 0.29) is 17.8 Å². The Kier molecular flexibility index (Phi) is 7.26. The molecule has 0 radical (unpaired) electrons. The van der Waals surface area contributed by atoms with Gasteiger partial charge in [-0.3, -0.25) is 4.79 Å². The highest BCUT2D eigenvalue weighted by Gasteiger charge is 2.12. The van der Waals surface area contributed by atoms with Gasteiger partial charge < -0.3 is 14.5 Å². The molecule has 0 atom stereocenters. The second-order valence-corrected chi connectivity index (χ2v) is 8.42. The first-order chi connectivity index (χ1) is 13.9. The number of nitrogens with zero attached hydrogens (tertiary/aromatic N) is 2. The Hall–Kier alpha value is -2.40. The van der Waals surface area contributed by atoms with Crippen molar-refractivity contribution in [1.82, 2.24) is 10.2 Å². The van der Waals surface area contributed by atoms with E-state index in [2.05, 4.69) is 38.1 Å². The molecule has 0 spiro atoms. The Bertz CT molecular complexity index is 988. The summed E-state index contributed by atoms with van der Waals surface area (Å²) in [5.74, 6) is -0.0886. The van der Waals surface area contributed by atoms with Crippen LogP contribution in [0.15, 0.2) is 58.2 Å².